The molecule has 6 saturated heterocycles. The number of likely N-dealkylation sites (tertiary alicyclic amines) is 2. The van der Waals surface area contributed by atoms with Crippen molar-refractivity contribution in [2.24, 2.45) is 35.5 Å². The fourth-order valence-electron chi connectivity index (χ4n) is 7.85. The van der Waals surface area contributed by atoms with Gasteiger partial charge in [0, 0.05) is 71.6 Å². The van der Waals surface area contributed by atoms with Gasteiger partial charge in [-0.3, -0.25) is 19.3 Å². The monoisotopic (exact) mass is 701 g/mol. The van der Waals surface area contributed by atoms with Crippen LogP contribution in [0.2, 0.25) is 0 Å². The molecule has 0 spiro atoms. The molecule has 13 nitrogen and oxygen atoms in total. The number of aliphatic hydroxyl groups excluding tert-OH is 1. The average molecular weight is 702 g/mol. The molecule has 4 amide bonds. The zero-order valence-electron chi connectivity index (χ0n) is 31.2. The van der Waals surface area contributed by atoms with E-state index in [1.54, 1.807) is 4.90 Å². The summed E-state index contributed by atoms with van der Waals surface area (Å²) in [6.45, 7) is 14.2. The van der Waals surface area contributed by atoms with Gasteiger partial charge in [-0.25, -0.2) is 4.79 Å². The summed E-state index contributed by atoms with van der Waals surface area (Å²) >= 11 is 0. The fraction of sp³-hybridized carbons (Fsp3) is 0.730. The van der Waals surface area contributed by atoms with Crippen LogP contribution in [0.4, 0.5) is 4.79 Å². The lowest BCUT2D eigenvalue weighted by atomic mass is 9.93. The Bertz CT molecular complexity index is 1200. The predicted octanol–water partition coefficient (Wildman–Crippen LogP) is 1.80. The van der Waals surface area contributed by atoms with Gasteiger partial charge in [0.2, 0.25) is 17.7 Å². The van der Waals surface area contributed by atoms with Gasteiger partial charge in [-0.1, -0.05) is 30.3 Å². The number of aliphatic hydroxyl groups is 2. The van der Waals surface area contributed by atoms with Crippen molar-refractivity contribution in [1.29, 1.82) is 0 Å². The Labute approximate surface area is 298 Å². The van der Waals surface area contributed by atoms with E-state index in [9.17, 15) is 19.2 Å². The van der Waals surface area contributed by atoms with Gasteiger partial charge in [-0.05, 0) is 94.2 Å². The van der Waals surface area contributed by atoms with Gasteiger partial charge in [0.1, 0.15) is 12.4 Å². The van der Waals surface area contributed by atoms with Crippen molar-refractivity contribution in [2.75, 3.05) is 65.7 Å². The van der Waals surface area contributed by atoms with Crippen LogP contribution in [0, 0.1) is 35.5 Å². The van der Waals surface area contributed by atoms with Gasteiger partial charge in [0.25, 0.3) is 0 Å². The van der Waals surface area contributed by atoms with Crippen LogP contribution >= 0.6 is 0 Å². The highest BCUT2D eigenvalue weighted by atomic mass is 16.6. The molecule has 1 aromatic carbocycles. The SMILES string of the molecule is CC(C)(C)OC(=O)N1CC2CCC(=O)NCC2C1.O=C1CCC2CN(Cc3ccccc3)CC2CN1.O=C1CCC2CNCC2CN1.OCO.[H+]. The van der Waals surface area contributed by atoms with Gasteiger partial charge in [0.15, 0.2) is 0 Å². The van der Waals surface area contributed by atoms with Crippen LogP contribution in [0.3, 0.4) is 0 Å². The molecule has 50 heavy (non-hydrogen) atoms. The quantitative estimate of drug-likeness (QED) is 0.252. The van der Waals surface area contributed by atoms with Crippen LogP contribution in [0.1, 0.15) is 66.3 Å². The number of benzene rings is 1. The molecule has 6 heterocycles. The third kappa shape index (κ3) is 12.8. The van der Waals surface area contributed by atoms with Crippen molar-refractivity contribution in [3.05, 3.63) is 35.9 Å². The summed E-state index contributed by atoms with van der Waals surface area (Å²) in [5.41, 5.74) is 0.939. The lowest BCUT2D eigenvalue weighted by Gasteiger charge is -2.24. The highest BCUT2D eigenvalue weighted by molar-refractivity contribution is 5.77. The Kier molecular flexibility index (Phi) is 15.3. The molecule has 7 rings (SSSR count). The number of hydrogen-bond acceptors (Lipinski definition) is 9. The maximum absolute atomic E-state index is 12.0. The molecular formula is C37H61N6O7+. The Balaban J connectivity index is 0.000000202. The van der Waals surface area contributed by atoms with Crippen LogP contribution in [-0.4, -0.2) is 115 Å². The van der Waals surface area contributed by atoms with Crippen LogP contribution in [0.15, 0.2) is 30.3 Å². The van der Waals surface area contributed by atoms with Crippen molar-refractivity contribution in [2.45, 2.75) is 71.4 Å². The van der Waals surface area contributed by atoms with Crippen LogP contribution in [0.5, 0.6) is 0 Å². The summed E-state index contributed by atoms with van der Waals surface area (Å²) in [5.74, 6) is 4.20. The van der Waals surface area contributed by atoms with E-state index >= 15 is 0 Å². The predicted molar refractivity (Wildman–Crippen MR) is 190 cm³/mol. The van der Waals surface area contributed by atoms with Crippen molar-refractivity contribution >= 4 is 23.8 Å². The third-order valence-corrected chi connectivity index (χ3v) is 10.5. The van der Waals surface area contributed by atoms with Gasteiger partial charge >= 0.3 is 7.52 Å². The second-order valence-electron chi connectivity index (χ2n) is 15.5. The zero-order chi connectivity index (χ0) is 36.1. The highest BCUT2D eigenvalue weighted by Crippen LogP contribution is 2.31. The van der Waals surface area contributed by atoms with E-state index in [4.69, 9.17) is 14.9 Å². The zero-order valence-corrected chi connectivity index (χ0v) is 30.2. The van der Waals surface area contributed by atoms with E-state index < -0.39 is 12.4 Å². The second kappa shape index (κ2) is 19.4. The van der Waals surface area contributed by atoms with E-state index in [2.05, 4.69) is 56.5 Å². The number of hydrogen-bond donors (Lipinski definition) is 6. The van der Waals surface area contributed by atoms with Gasteiger partial charge < -0.3 is 41.1 Å². The molecule has 0 bridgehead atoms. The molecule has 0 aliphatic carbocycles. The van der Waals surface area contributed by atoms with E-state index in [1.165, 1.54) is 5.56 Å². The van der Waals surface area contributed by atoms with E-state index in [-0.39, 0.29) is 25.2 Å². The van der Waals surface area contributed by atoms with Gasteiger partial charge in [-0.2, -0.15) is 0 Å². The van der Waals surface area contributed by atoms with E-state index in [1.807, 2.05) is 20.8 Å². The average Bonchev–Trinajstić information content (AvgIpc) is 3.72. The Morgan fingerprint density at radius 1 is 0.720 bits per heavy atom. The lowest BCUT2D eigenvalue weighted by molar-refractivity contribution is -0.121. The molecule has 0 saturated carbocycles. The number of fused-ring (bicyclic) bond motifs is 3. The number of carbonyl (C=O) groups excluding carboxylic acids is 4. The summed E-state index contributed by atoms with van der Waals surface area (Å²) < 4.78 is 5.38. The number of nitrogens with zero attached hydrogens (tertiary/aromatic N) is 2. The Morgan fingerprint density at radius 2 is 1.18 bits per heavy atom. The molecule has 6 aliphatic heterocycles. The molecule has 280 valence electrons. The molecular weight excluding hydrogens is 640 g/mol. The normalized spacial score (nSPS) is 29.1. The molecule has 6 unspecified atom stereocenters. The fourth-order valence-corrected chi connectivity index (χ4v) is 7.85. The number of rotatable bonds is 2. The Morgan fingerprint density at radius 3 is 1.76 bits per heavy atom. The first-order chi connectivity index (χ1) is 23.9. The van der Waals surface area contributed by atoms with Gasteiger partial charge in [-0.15, -0.1) is 0 Å². The van der Waals surface area contributed by atoms with Crippen LogP contribution < -0.4 is 21.3 Å². The molecule has 0 radical (unpaired) electrons. The number of carbonyl (C=O) groups is 4. The number of nitrogens with one attached hydrogen (secondary N) is 4. The van der Waals surface area contributed by atoms with Crippen molar-refractivity contribution in [1.82, 2.24) is 31.1 Å². The molecule has 6 atom stereocenters. The van der Waals surface area contributed by atoms with E-state index in [0.717, 1.165) is 77.4 Å². The standard InChI is InChI=1S/C15H20N2O.C13H22N2O3.C8H14N2O.CH4O2/c18-15-7-6-13-10-17(11-14(13)8-16-15)9-12-4-2-1-3-5-12;1-13(2,3)18-12(17)15-7-9-4-5-11(16)14-6-10(9)8-15;11-8-2-1-6-3-9-4-7(6)5-10-8;2-1-3/h1-5,13-14H,6-11H2,(H,16,18);9-10H,4-8H2,1-3H3,(H,14,16);6-7,9H,1-5H2,(H,10,11);2-3H,1H2/p+1. The summed E-state index contributed by atoms with van der Waals surface area (Å²) in [7, 11) is 0. The maximum atomic E-state index is 12.0. The largest absolute Gasteiger partial charge is 1.00 e. The molecule has 13 heteroatoms. The van der Waals surface area contributed by atoms with Crippen molar-refractivity contribution in [3.63, 3.8) is 0 Å². The minimum Gasteiger partial charge on any atom is -0.444 e. The first-order valence-corrected chi connectivity index (χ1v) is 18.4. The first kappa shape index (κ1) is 39.5. The minimum atomic E-state index is -0.750. The second-order valence-corrected chi connectivity index (χ2v) is 15.5. The first-order valence-electron chi connectivity index (χ1n) is 18.4. The Hall–Kier alpha value is -3.26. The molecule has 0 aromatic heterocycles. The lowest BCUT2D eigenvalue weighted by Crippen LogP contribution is -2.36. The topological polar surface area (TPSA) is 173 Å². The number of ether oxygens (including phenoxy) is 1. The van der Waals surface area contributed by atoms with E-state index in [0.29, 0.717) is 62.1 Å². The van der Waals surface area contributed by atoms with Crippen molar-refractivity contribution < 1.29 is 35.6 Å². The maximum Gasteiger partial charge on any atom is 1.00 e. The third-order valence-electron chi connectivity index (χ3n) is 10.5. The summed E-state index contributed by atoms with van der Waals surface area (Å²) in [5, 5.41) is 26.5. The van der Waals surface area contributed by atoms with Gasteiger partial charge in [0.05, 0.1) is 0 Å². The molecule has 6 N–H and O–H groups in total. The van der Waals surface area contributed by atoms with Crippen LogP contribution in [0.25, 0.3) is 0 Å². The van der Waals surface area contributed by atoms with Crippen molar-refractivity contribution in [3.8, 4) is 0 Å². The molecule has 1 aromatic rings. The summed E-state index contributed by atoms with van der Waals surface area (Å²) in [6.07, 6.45) is 4.77. The van der Waals surface area contributed by atoms with Crippen LogP contribution in [-0.2, 0) is 25.7 Å². The molecule has 6 fully saturated rings. The molecule has 6 aliphatic rings. The highest BCUT2D eigenvalue weighted by Gasteiger charge is 2.38. The number of amides is 4. The minimum absolute atomic E-state index is 0. The summed E-state index contributed by atoms with van der Waals surface area (Å²) in [4.78, 5) is 49.9. The summed E-state index contributed by atoms with van der Waals surface area (Å²) in [6, 6.07) is 10.6. The smallest absolute Gasteiger partial charge is 0.444 e.